The van der Waals surface area contributed by atoms with Crippen LogP contribution < -0.4 is 0 Å². The molecule has 106 valence electrons. The fraction of sp³-hybridized carbons (Fsp3) is 0.267. The lowest BCUT2D eigenvalue weighted by atomic mass is 10.2. The standard InChI is InChI=1S/C15H17NO3S/c1-12-4-7-14(8-5-12)20(18,19)15-9-6-13(11-16-15)3-2-10-17/h4-9,11,17H,2-3,10H2,1H3. The van der Waals surface area contributed by atoms with Crippen molar-refractivity contribution in [2.75, 3.05) is 6.61 Å². The van der Waals surface area contributed by atoms with Gasteiger partial charge in [0.15, 0.2) is 5.03 Å². The van der Waals surface area contributed by atoms with Gasteiger partial charge in [-0.05, 0) is 43.5 Å². The molecule has 0 spiro atoms. The molecule has 0 bridgehead atoms. The molecule has 0 amide bonds. The molecule has 0 saturated heterocycles. The first kappa shape index (κ1) is 14.7. The summed E-state index contributed by atoms with van der Waals surface area (Å²) in [7, 11) is -3.55. The Balaban J connectivity index is 2.27. The van der Waals surface area contributed by atoms with E-state index in [4.69, 9.17) is 5.11 Å². The van der Waals surface area contributed by atoms with Gasteiger partial charge in [-0.15, -0.1) is 0 Å². The van der Waals surface area contributed by atoms with Crippen molar-refractivity contribution in [2.24, 2.45) is 0 Å². The topological polar surface area (TPSA) is 67.3 Å². The highest BCUT2D eigenvalue weighted by Gasteiger charge is 2.18. The second kappa shape index (κ2) is 6.15. The highest BCUT2D eigenvalue weighted by molar-refractivity contribution is 7.91. The van der Waals surface area contributed by atoms with Crippen LogP contribution >= 0.6 is 0 Å². The average molecular weight is 291 g/mol. The summed E-state index contributed by atoms with van der Waals surface area (Å²) in [6.45, 7) is 2.02. The fourth-order valence-corrected chi connectivity index (χ4v) is 3.01. The second-order valence-corrected chi connectivity index (χ2v) is 6.54. The van der Waals surface area contributed by atoms with Gasteiger partial charge in [-0.25, -0.2) is 13.4 Å². The predicted molar refractivity (Wildman–Crippen MR) is 76.3 cm³/mol. The average Bonchev–Trinajstić information content (AvgIpc) is 2.46. The maximum atomic E-state index is 12.4. The molecule has 20 heavy (non-hydrogen) atoms. The summed E-state index contributed by atoms with van der Waals surface area (Å²) < 4.78 is 24.7. The van der Waals surface area contributed by atoms with Gasteiger partial charge in [-0.3, -0.25) is 0 Å². The van der Waals surface area contributed by atoms with Crippen molar-refractivity contribution in [2.45, 2.75) is 29.7 Å². The van der Waals surface area contributed by atoms with E-state index in [1.807, 2.05) is 6.92 Å². The molecule has 1 heterocycles. The number of nitrogens with zero attached hydrogens (tertiary/aromatic N) is 1. The Bertz CT molecular complexity index is 661. The summed E-state index contributed by atoms with van der Waals surface area (Å²) in [5, 5.41) is 8.82. The van der Waals surface area contributed by atoms with Crippen molar-refractivity contribution in [3.05, 3.63) is 53.7 Å². The SMILES string of the molecule is Cc1ccc(S(=O)(=O)c2ccc(CCCO)cn2)cc1. The van der Waals surface area contributed by atoms with Gasteiger partial charge < -0.3 is 5.11 Å². The molecular formula is C15H17NO3S. The van der Waals surface area contributed by atoms with Gasteiger partial charge in [-0.1, -0.05) is 23.8 Å². The summed E-state index contributed by atoms with van der Waals surface area (Å²) >= 11 is 0. The monoisotopic (exact) mass is 291 g/mol. The van der Waals surface area contributed by atoms with Crippen LogP contribution in [0, 0.1) is 6.92 Å². The molecule has 0 saturated carbocycles. The van der Waals surface area contributed by atoms with Crippen molar-refractivity contribution in [3.8, 4) is 0 Å². The molecule has 0 fully saturated rings. The zero-order valence-electron chi connectivity index (χ0n) is 11.3. The minimum absolute atomic E-state index is 0.0501. The Morgan fingerprint density at radius 2 is 1.80 bits per heavy atom. The predicted octanol–water partition coefficient (Wildman–Crippen LogP) is 2.15. The first-order chi connectivity index (χ1) is 9.54. The zero-order valence-corrected chi connectivity index (χ0v) is 12.1. The van der Waals surface area contributed by atoms with Crippen LogP contribution in [0.5, 0.6) is 0 Å². The maximum Gasteiger partial charge on any atom is 0.223 e. The molecule has 5 heteroatoms. The first-order valence-electron chi connectivity index (χ1n) is 6.41. The highest BCUT2D eigenvalue weighted by atomic mass is 32.2. The number of pyridine rings is 1. The number of hydrogen-bond acceptors (Lipinski definition) is 4. The van der Waals surface area contributed by atoms with E-state index in [9.17, 15) is 8.42 Å². The Kier molecular flexibility index (Phi) is 4.52. The molecule has 2 rings (SSSR count). The molecule has 1 aromatic carbocycles. The van der Waals surface area contributed by atoms with Crippen LogP contribution in [0.25, 0.3) is 0 Å². The summed E-state index contributed by atoms with van der Waals surface area (Å²) in [5.74, 6) is 0. The molecule has 0 unspecified atom stereocenters. The van der Waals surface area contributed by atoms with E-state index in [1.54, 1.807) is 36.5 Å². The van der Waals surface area contributed by atoms with Crippen molar-refractivity contribution in [3.63, 3.8) is 0 Å². The number of sulfone groups is 1. The molecule has 2 aromatic rings. The number of rotatable bonds is 5. The number of aliphatic hydroxyl groups is 1. The lowest BCUT2D eigenvalue weighted by Gasteiger charge is -2.05. The number of benzene rings is 1. The van der Waals surface area contributed by atoms with Gasteiger partial charge in [0.05, 0.1) is 4.90 Å². The van der Waals surface area contributed by atoms with Gasteiger partial charge in [0.25, 0.3) is 0 Å². The van der Waals surface area contributed by atoms with Gasteiger partial charge in [0.1, 0.15) is 0 Å². The Hall–Kier alpha value is -1.72. The number of aromatic nitrogens is 1. The van der Waals surface area contributed by atoms with E-state index in [1.165, 1.54) is 6.07 Å². The lowest BCUT2D eigenvalue weighted by molar-refractivity contribution is 0.288. The third-order valence-corrected chi connectivity index (χ3v) is 4.71. The Morgan fingerprint density at radius 3 is 2.35 bits per heavy atom. The smallest absolute Gasteiger partial charge is 0.223 e. The van der Waals surface area contributed by atoms with E-state index in [0.717, 1.165) is 11.1 Å². The molecule has 0 atom stereocenters. The zero-order chi connectivity index (χ0) is 14.6. The molecule has 1 N–H and O–H groups in total. The number of aliphatic hydroxyl groups excluding tert-OH is 1. The second-order valence-electron chi connectivity index (χ2n) is 4.65. The Labute approximate surface area is 119 Å². The van der Waals surface area contributed by atoms with Crippen LogP contribution in [-0.2, 0) is 16.3 Å². The van der Waals surface area contributed by atoms with Crippen LogP contribution in [0.1, 0.15) is 17.5 Å². The van der Waals surface area contributed by atoms with Crippen molar-refractivity contribution in [1.29, 1.82) is 0 Å². The summed E-state index contributed by atoms with van der Waals surface area (Å²) in [6.07, 6.45) is 2.89. The van der Waals surface area contributed by atoms with Crippen LogP contribution in [0.2, 0.25) is 0 Å². The minimum Gasteiger partial charge on any atom is -0.396 e. The molecule has 0 aliphatic rings. The van der Waals surface area contributed by atoms with E-state index < -0.39 is 9.84 Å². The van der Waals surface area contributed by atoms with E-state index in [2.05, 4.69) is 4.98 Å². The van der Waals surface area contributed by atoms with Crippen LogP contribution in [0.4, 0.5) is 0 Å². The molecule has 4 nitrogen and oxygen atoms in total. The van der Waals surface area contributed by atoms with E-state index in [0.29, 0.717) is 12.8 Å². The van der Waals surface area contributed by atoms with Crippen molar-refractivity contribution >= 4 is 9.84 Å². The molecular weight excluding hydrogens is 274 g/mol. The normalized spacial score (nSPS) is 11.5. The van der Waals surface area contributed by atoms with Crippen LogP contribution in [-0.4, -0.2) is 25.1 Å². The van der Waals surface area contributed by atoms with Crippen LogP contribution in [0.3, 0.4) is 0 Å². The minimum atomic E-state index is -3.55. The molecule has 0 aliphatic heterocycles. The van der Waals surface area contributed by atoms with Gasteiger partial charge in [-0.2, -0.15) is 0 Å². The van der Waals surface area contributed by atoms with Crippen molar-refractivity contribution in [1.82, 2.24) is 4.98 Å². The summed E-state index contributed by atoms with van der Waals surface area (Å²) in [5.41, 5.74) is 1.93. The third-order valence-electron chi connectivity index (χ3n) is 3.03. The van der Waals surface area contributed by atoms with Crippen molar-refractivity contribution < 1.29 is 13.5 Å². The van der Waals surface area contributed by atoms with Gasteiger partial charge in [0, 0.05) is 12.8 Å². The van der Waals surface area contributed by atoms with Gasteiger partial charge >= 0.3 is 0 Å². The van der Waals surface area contributed by atoms with E-state index in [-0.39, 0.29) is 16.5 Å². The van der Waals surface area contributed by atoms with Gasteiger partial charge in [0.2, 0.25) is 9.84 Å². The molecule has 1 aromatic heterocycles. The first-order valence-corrected chi connectivity index (χ1v) is 7.90. The Morgan fingerprint density at radius 1 is 1.10 bits per heavy atom. The number of aryl methyl sites for hydroxylation is 2. The largest absolute Gasteiger partial charge is 0.396 e. The van der Waals surface area contributed by atoms with E-state index >= 15 is 0 Å². The fourth-order valence-electron chi connectivity index (χ4n) is 1.84. The third kappa shape index (κ3) is 3.23. The maximum absolute atomic E-state index is 12.4. The van der Waals surface area contributed by atoms with Crippen LogP contribution in [0.15, 0.2) is 52.5 Å². The number of hydrogen-bond donors (Lipinski definition) is 1. The summed E-state index contributed by atoms with van der Waals surface area (Å²) in [4.78, 5) is 4.28. The summed E-state index contributed by atoms with van der Waals surface area (Å²) in [6, 6.07) is 9.97. The molecule has 0 radical (unpaired) electrons. The molecule has 0 aliphatic carbocycles. The quantitative estimate of drug-likeness (QED) is 0.916. The lowest BCUT2D eigenvalue weighted by Crippen LogP contribution is -2.05. The highest BCUT2D eigenvalue weighted by Crippen LogP contribution is 2.19.